The first kappa shape index (κ1) is 16.6. The van der Waals surface area contributed by atoms with E-state index in [1.165, 1.54) is 30.3 Å². The molecule has 0 bridgehead atoms. The van der Waals surface area contributed by atoms with E-state index < -0.39 is 18.8 Å². The average Bonchev–Trinajstić information content (AvgIpc) is 2.87. The maximum atomic E-state index is 13.6. The van der Waals surface area contributed by atoms with E-state index in [4.69, 9.17) is 14.2 Å². The number of benzene rings is 1. The van der Waals surface area contributed by atoms with E-state index in [0.29, 0.717) is 16.5 Å². The highest BCUT2D eigenvalue weighted by Gasteiger charge is 2.51. The Hall–Kier alpha value is -0.800. The molecule has 0 spiro atoms. The summed E-state index contributed by atoms with van der Waals surface area (Å²) < 4.78 is 43.0. The van der Waals surface area contributed by atoms with Crippen LogP contribution in [0.2, 0.25) is 0 Å². The highest BCUT2D eigenvalue weighted by molar-refractivity contribution is 9.10. The Morgan fingerprint density at radius 3 is 2.67 bits per heavy atom. The van der Waals surface area contributed by atoms with Crippen molar-refractivity contribution in [3.8, 4) is 0 Å². The maximum absolute atomic E-state index is 13.6. The number of thioether (sulfide) groups is 1. The van der Waals surface area contributed by atoms with Gasteiger partial charge >= 0.3 is 13.3 Å². The SMILES string of the molecule is O=P(O)(O)C(F)(F)c1ccc(CSc2nnco2)cc1Br. The van der Waals surface area contributed by atoms with Crippen molar-refractivity contribution in [2.75, 3.05) is 0 Å². The molecular weight excluding hydrogens is 393 g/mol. The summed E-state index contributed by atoms with van der Waals surface area (Å²) in [5, 5.41) is 7.48. The van der Waals surface area contributed by atoms with Crippen LogP contribution in [0.3, 0.4) is 0 Å². The molecule has 0 saturated heterocycles. The third kappa shape index (κ3) is 3.70. The number of alkyl halides is 2. The predicted molar refractivity (Wildman–Crippen MR) is 73.9 cm³/mol. The van der Waals surface area contributed by atoms with Crippen molar-refractivity contribution in [1.29, 1.82) is 0 Å². The van der Waals surface area contributed by atoms with Crippen LogP contribution in [-0.2, 0) is 16.0 Å². The fourth-order valence-electron chi connectivity index (χ4n) is 1.42. The Labute approximate surface area is 130 Å². The summed E-state index contributed by atoms with van der Waals surface area (Å²) in [6.45, 7) is 0. The van der Waals surface area contributed by atoms with E-state index in [1.807, 2.05) is 0 Å². The van der Waals surface area contributed by atoms with E-state index in [0.717, 1.165) is 6.07 Å². The Kier molecular flexibility index (Phi) is 4.84. The fraction of sp³-hybridized carbons (Fsp3) is 0.200. The Bertz CT molecular complexity index is 680. The van der Waals surface area contributed by atoms with Crippen molar-refractivity contribution < 1.29 is 27.5 Å². The Balaban J connectivity index is 2.20. The summed E-state index contributed by atoms with van der Waals surface area (Å²) in [4.78, 5) is 17.5. The van der Waals surface area contributed by atoms with Gasteiger partial charge in [0.25, 0.3) is 5.22 Å². The van der Waals surface area contributed by atoms with Crippen LogP contribution in [0.25, 0.3) is 0 Å². The van der Waals surface area contributed by atoms with Crippen molar-refractivity contribution in [2.24, 2.45) is 0 Å². The summed E-state index contributed by atoms with van der Waals surface area (Å²) >= 11 is 4.12. The van der Waals surface area contributed by atoms with Gasteiger partial charge in [-0.3, -0.25) is 4.57 Å². The monoisotopic (exact) mass is 400 g/mol. The zero-order valence-electron chi connectivity index (χ0n) is 10.1. The molecule has 0 radical (unpaired) electrons. The van der Waals surface area contributed by atoms with Crippen molar-refractivity contribution in [3.63, 3.8) is 0 Å². The summed E-state index contributed by atoms with van der Waals surface area (Å²) in [5.74, 6) is 0.378. The molecule has 2 aromatic rings. The molecule has 0 atom stereocenters. The molecule has 1 aromatic heterocycles. The van der Waals surface area contributed by atoms with Gasteiger partial charge in [-0.2, -0.15) is 8.78 Å². The van der Waals surface area contributed by atoms with Crippen LogP contribution in [-0.4, -0.2) is 20.0 Å². The van der Waals surface area contributed by atoms with Gasteiger partial charge in [-0.1, -0.05) is 39.8 Å². The van der Waals surface area contributed by atoms with Gasteiger partial charge in [-0.25, -0.2) is 0 Å². The van der Waals surface area contributed by atoms with Crippen LogP contribution < -0.4 is 0 Å². The van der Waals surface area contributed by atoms with Gasteiger partial charge in [0.2, 0.25) is 6.39 Å². The molecule has 0 unspecified atom stereocenters. The van der Waals surface area contributed by atoms with Gasteiger partial charge in [0.15, 0.2) is 0 Å². The third-order valence-electron chi connectivity index (χ3n) is 2.43. The molecule has 0 saturated carbocycles. The molecular formula is C10H8BrF2N2O4PS. The van der Waals surface area contributed by atoms with Gasteiger partial charge in [0.05, 0.1) is 0 Å². The summed E-state index contributed by atoms with van der Waals surface area (Å²) in [6.07, 6.45) is 1.17. The largest absolute Gasteiger partial charge is 0.419 e. The van der Waals surface area contributed by atoms with Crippen LogP contribution >= 0.6 is 35.3 Å². The van der Waals surface area contributed by atoms with E-state index >= 15 is 0 Å². The van der Waals surface area contributed by atoms with E-state index in [1.54, 1.807) is 0 Å². The number of hydrogen-bond donors (Lipinski definition) is 2. The summed E-state index contributed by atoms with van der Waals surface area (Å²) in [6, 6.07) is 3.70. The van der Waals surface area contributed by atoms with Crippen molar-refractivity contribution in [2.45, 2.75) is 16.6 Å². The lowest BCUT2D eigenvalue weighted by molar-refractivity contribution is 0.0557. The zero-order valence-corrected chi connectivity index (χ0v) is 13.4. The van der Waals surface area contributed by atoms with Gasteiger partial charge in [-0.15, -0.1) is 10.2 Å². The van der Waals surface area contributed by atoms with E-state index in [9.17, 15) is 13.3 Å². The lowest BCUT2D eigenvalue weighted by Crippen LogP contribution is -2.14. The Morgan fingerprint density at radius 2 is 2.14 bits per heavy atom. The number of halogens is 3. The molecule has 1 aromatic carbocycles. The molecule has 114 valence electrons. The second kappa shape index (κ2) is 6.13. The minimum absolute atomic E-state index is 0.0838. The molecule has 0 amide bonds. The first-order valence-electron chi connectivity index (χ1n) is 5.33. The predicted octanol–water partition coefficient (Wildman–Crippen LogP) is 3.35. The first-order chi connectivity index (χ1) is 9.72. The molecule has 0 aliphatic rings. The maximum Gasteiger partial charge on any atom is 0.399 e. The average molecular weight is 401 g/mol. The standard InChI is InChI=1S/C10H8BrF2N2O4PS/c11-8-3-6(4-21-9-15-14-5-19-9)1-2-7(8)10(12,13)20(16,17)18/h1-3,5H,4H2,(H2,16,17,18). The molecule has 21 heavy (non-hydrogen) atoms. The number of nitrogens with zero attached hydrogens (tertiary/aromatic N) is 2. The lowest BCUT2D eigenvalue weighted by Gasteiger charge is -2.19. The number of hydrogen-bond acceptors (Lipinski definition) is 5. The topological polar surface area (TPSA) is 96.5 Å². The van der Waals surface area contributed by atoms with Crippen LogP contribution in [0.1, 0.15) is 11.1 Å². The van der Waals surface area contributed by atoms with Gasteiger partial charge < -0.3 is 14.2 Å². The van der Waals surface area contributed by atoms with Crippen LogP contribution in [0.5, 0.6) is 0 Å². The van der Waals surface area contributed by atoms with E-state index in [-0.39, 0.29) is 4.47 Å². The highest BCUT2D eigenvalue weighted by atomic mass is 79.9. The molecule has 2 N–H and O–H groups in total. The van der Waals surface area contributed by atoms with Crippen molar-refractivity contribution in [3.05, 3.63) is 40.2 Å². The summed E-state index contributed by atoms with van der Waals surface area (Å²) in [5.41, 5.74) is -4.36. The van der Waals surface area contributed by atoms with Crippen LogP contribution in [0.15, 0.2) is 38.7 Å². The third-order valence-corrected chi connectivity index (χ3v) is 4.96. The second-order valence-electron chi connectivity index (χ2n) is 3.89. The quantitative estimate of drug-likeness (QED) is 0.586. The molecule has 0 aliphatic carbocycles. The van der Waals surface area contributed by atoms with Gasteiger partial charge in [0.1, 0.15) is 0 Å². The molecule has 2 rings (SSSR count). The Morgan fingerprint density at radius 1 is 1.43 bits per heavy atom. The minimum Gasteiger partial charge on any atom is -0.419 e. The van der Waals surface area contributed by atoms with Crippen LogP contribution in [0, 0.1) is 0 Å². The first-order valence-corrected chi connectivity index (χ1v) is 8.72. The normalized spacial score (nSPS) is 12.6. The molecule has 11 heteroatoms. The smallest absolute Gasteiger partial charge is 0.399 e. The highest BCUT2D eigenvalue weighted by Crippen LogP contribution is 2.60. The molecule has 0 fully saturated rings. The molecule has 6 nitrogen and oxygen atoms in total. The zero-order chi connectivity index (χ0) is 15.7. The second-order valence-corrected chi connectivity index (χ2v) is 7.32. The van der Waals surface area contributed by atoms with Gasteiger partial charge in [0, 0.05) is 15.8 Å². The summed E-state index contributed by atoms with van der Waals surface area (Å²) in [7, 11) is -5.59. The fourth-order valence-corrected chi connectivity index (χ4v) is 3.44. The van der Waals surface area contributed by atoms with Crippen molar-refractivity contribution in [1.82, 2.24) is 10.2 Å². The number of aromatic nitrogens is 2. The van der Waals surface area contributed by atoms with Gasteiger partial charge in [-0.05, 0) is 11.6 Å². The van der Waals surface area contributed by atoms with Crippen molar-refractivity contribution >= 4 is 35.3 Å². The molecule has 1 heterocycles. The minimum atomic E-state index is -5.59. The number of rotatable bonds is 5. The van der Waals surface area contributed by atoms with Crippen LogP contribution in [0.4, 0.5) is 8.78 Å². The lowest BCUT2D eigenvalue weighted by atomic mass is 10.1. The molecule has 0 aliphatic heterocycles. The van der Waals surface area contributed by atoms with E-state index in [2.05, 4.69) is 26.1 Å².